The number of carbonyl (C=O) groups is 2. The number of carbonyl (C=O) groups excluding carboxylic acids is 2. The summed E-state index contributed by atoms with van der Waals surface area (Å²) in [6, 6.07) is 6.67. The van der Waals surface area contributed by atoms with Crippen molar-refractivity contribution in [2.75, 3.05) is 12.4 Å². The van der Waals surface area contributed by atoms with Crippen LogP contribution >= 0.6 is 38.9 Å². The largest absolute Gasteiger partial charge is 0.355 e. The molecule has 2 rings (SSSR count). The predicted octanol–water partition coefficient (Wildman–Crippen LogP) is 3.78. The second kappa shape index (κ2) is 6.39. The Morgan fingerprint density at radius 2 is 1.95 bits per heavy atom. The number of anilines is 1. The Morgan fingerprint density at radius 1 is 1.20 bits per heavy atom. The van der Waals surface area contributed by atoms with Gasteiger partial charge in [-0.25, -0.2) is 0 Å². The molecule has 1 aromatic carbocycles. The normalized spacial score (nSPS) is 10.2. The fraction of sp³-hybridized carbons (Fsp3) is 0.0769. The summed E-state index contributed by atoms with van der Waals surface area (Å²) in [5.41, 5.74) is 0.772. The molecule has 0 saturated heterocycles. The van der Waals surface area contributed by atoms with Crippen LogP contribution in [0.4, 0.5) is 5.00 Å². The molecule has 20 heavy (non-hydrogen) atoms. The number of benzene rings is 1. The van der Waals surface area contributed by atoms with E-state index in [2.05, 4.69) is 26.6 Å². The summed E-state index contributed by atoms with van der Waals surface area (Å²) in [4.78, 5) is 23.9. The monoisotopic (exact) mass is 372 g/mol. The summed E-state index contributed by atoms with van der Waals surface area (Å²) in [6.45, 7) is 0. The number of thiophene rings is 1. The summed E-state index contributed by atoms with van der Waals surface area (Å²) in [5.74, 6) is -0.606. The highest BCUT2D eigenvalue weighted by atomic mass is 79.9. The summed E-state index contributed by atoms with van der Waals surface area (Å²) in [6.07, 6.45) is 0. The molecule has 0 saturated carbocycles. The van der Waals surface area contributed by atoms with Gasteiger partial charge >= 0.3 is 0 Å². The number of amides is 2. The number of nitrogens with one attached hydrogen (secondary N) is 2. The third-order valence-electron chi connectivity index (χ3n) is 2.54. The molecule has 2 N–H and O–H groups in total. The van der Waals surface area contributed by atoms with Gasteiger partial charge in [0.15, 0.2) is 0 Å². The second-order valence-corrected chi connectivity index (χ2v) is 6.06. The number of halogens is 2. The van der Waals surface area contributed by atoms with Crippen LogP contribution in [0.15, 0.2) is 34.1 Å². The Kier molecular flexibility index (Phi) is 4.80. The molecule has 7 heteroatoms. The van der Waals surface area contributed by atoms with E-state index in [4.69, 9.17) is 11.6 Å². The van der Waals surface area contributed by atoms with Crippen molar-refractivity contribution in [1.82, 2.24) is 5.32 Å². The zero-order chi connectivity index (χ0) is 14.7. The van der Waals surface area contributed by atoms with E-state index in [1.165, 1.54) is 18.4 Å². The number of hydrogen-bond donors (Lipinski definition) is 2. The third-order valence-corrected chi connectivity index (χ3v) is 4.19. The molecule has 0 bridgehead atoms. The lowest BCUT2D eigenvalue weighted by molar-refractivity contribution is 0.0964. The predicted molar refractivity (Wildman–Crippen MR) is 84.8 cm³/mol. The van der Waals surface area contributed by atoms with Crippen LogP contribution in [0, 0.1) is 0 Å². The molecule has 0 unspecified atom stereocenters. The van der Waals surface area contributed by atoms with Crippen LogP contribution < -0.4 is 10.6 Å². The number of rotatable bonds is 3. The van der Waals surface area contributed by atoms with Gasteiger partial charge in [0, 0.05) is 11.5 Å². The number of hydrogen-bond acceptors (Lipinski definition) is 3. The highest BCUT2D eigenvalue weighted by Crippen LogP contribution is 2.26. The maximum absolute atomic E-state index is 12.2. The molecule has 0 atom stereocenters. The molecular formula is C13H10BrClN2O2S. The highest BCUT2D eigenvalue weighted by molar-refractivity contribution is 9.10. The topological polar surface area (TPSA) is 58.2 Å². The SMILES string of the molecule is CNC(=O)c1ccsc1NC(=O)c1cc(Br)ccc1Cl. The van der Waals surface area contributed by atoms with E-state index in [1.54, 1.807) is 29.6 Å². The van der Waals surface area contributed by atoms with Gasteiger partial charge in [-0.1, -0.05) is 27.5 Å². The van der Waals surface area contributed by atoms with E-state index in [-0.39, 0.29) is 11.8 Å². The molecule has 4 nitrogen and oxygen atoms in total. The van der Waals surface area contributed by atoms with Crippen LogP contribution in [-0.2, 0) is 0 Å². The van der Waals surface area contributed by atoms with Gasteiger partial charge in [-0.2, -0.15) is 0 Å². The molecule has 104 valence electrons. The average Bonchev–Trinajstić information content (AvgIpc) is 2.88. The lowest BCUT2D eigenvalue weighted by atomic mass is 10.2. The van der Waals surface area contributed by atoms with Crippen LogP contribution in [0.1, 0.15) is 20.7 Å². The van der Waals surface area contributed by atoms with E-state index in [0.717, 1.165) is 4.47 Å². The Balaban J connectivity index is 2.26. The molecule has 2 aromatic rings. The quantitative estimate of drug-likeness (QED) is 0.860. The van der Waals surface area contributed by atoms with Crippen LogP contribution in [-0.4, -0.2) is 18.9 Å². The van der Waals surface area contributed by atoms with Gasteiger partial charge in [-0.05, 0) is 29.6 Å². The lowest BCUT2D eigenvalue weighted by Gasteiger charge is -2.07. The minimum Gasteiger partial charge on any atom is -0.355 e. The summed E-state index contributed by atoms with van der Waals surface area (Å²) in [7, 11) is 1.54. The van der Waals surface area contributed by atoms with E-state index in [9.17, 15) is 9.59 Å². The minimum absolute atomic E-state index is 0.248. The molecule has 0 spiro atoms. The zero-order valence-corrected chi connectivity index (χ0v) is 13.5. The van der Waals surface area contributed by atoms with Gasteiger partial charge in [0.2, 0.25) is 0 Å². The smallest absolute Gasteiger partial charge is 0.257 e. The van der Waals surface area contributed by atoms with Crippen molar-refractivity contribution in [3.63, 3.8) is 0 Å². The average molecular weight is 374 g/mol. The van der Waals surface area contributed by atoms with Crippen molar-refractivity contribution in [2.45, 2.75) is 0 Å². The van der Waals surface area contributed by atoms with Crippen molar-refractivity contribution >= 4 is 55.7 Å². The minimum atomic E-state index is -0.357. The van der Waals surface area contributed by atoms with Crippen molar-refractivity contribution in [2.24, 2.45) is 0 Å². The van der Waals surface area contributed by atoms with E-state index in [0.29, 0.717) is 21.2 Å². The van der Waals surface area contributed by atoms with Gasteiger partial charge in [-0.3, -0.25) is 9.59 Å². The van der Waals surface area contributed by atoms with Gasteiger partial charge in [0.1, 0.15) is 5.00 Å². The molecule has 1 aromatic heterocycles. The third kappa shape index (κ3) is 3.20. The van der Waals surface area contributed by atoms with Gasteiger partial charge < -0.3 is 10.6 Å². The molecule has 1 heterocycles. The Labute approximate surface area is 133 Å². The van der Waals surface area contributed by atoms with Crippen molar-refractivity contribution in [3.8, 4) is 0 Å². The maximum Gasteiger partial charge on any atom is 0.257 e. The molecule has 0 aliphatic rings. The maximum atomic E-state index is 12.2. The molecule has 0 radical (unpaired) electrons. The standard InChI is InChI=1S/C13H10BrClN2O2S/c1-16-11(18)8-4-5-20-13(8)17-12(19)9-6-7(14)2-3-10(9)15/h2-6H,1H3,(H,16,18)(H,17,19). The highest BCUT2D eigenvalue weighted by Gasteiger charge is 2.16. The van der Waals surface area contributed by atoms with Crippen LogP contribution in [0.2, 0.25) is 5.02 Å². The lowest BCUT2D eigenvalue weighted by Crippen LogP contribution is -2.20. The summed E-state index contributed by atoms with van der Waals surface area (Å²) < 4.78 is 0.754. The van der Waals surface area contributed by atoms with E-state index in [1.807, 2.05) is 0 Å². The molecular weight excluding hydrogens is 364 g/mol. The fourth-order valence-corrected chi connectivity index (χ4v) is 2.91. The van der Waals surface area contributed by atoms with Crippen LogP contribution in [0.3, 0.4) is 0 Å². The first-order chi connectivity index (χ1) is 9.52. The summed E-state index contributed by atoms with van der Waals surface area (Å²) >= 11 is 10.6. The first kappa shape index (κ1) is 15.0. The van der Waals surface area contributed by atoms with Crippen molar-refractivity contribution in [1.29, 1.82) is 0 Å². The molecule has 2 amide bonds. The first-order valence-corrected chi connectivity index (χ1v) is 7.64. The van der Waals surface area contributed by atoms with Gasteiger partial charge in [0.25, 0.3) is 11.8 Å². The first-order valence-electron chi connectivity index (χ1n) is 5.59. The van der Waals surface area contributed by atoms with Crippen molar-refractivity contribution in [3.05, 3.63) is 50.3 Å². The fourth-order valence-electron chi connectivity index (χ4n) is 1.56. The summed E-state index contributed by atoms with van der Waals surface area (Å²) in [5, 5.41) is 7.81. The van der Waals surface area contributed by atoms with Crippen LogP contribution in [0.25, 0.3) is 0 Å². The van der Waals surface area contributed by atoms with Crippen molar-refractivity contribution < 1.29 is 9.59 Å². The molecule has 0 fully saturated rings. The van der Waals surface area contributed by atoms with Crippen LogP contribution in [0.5, 0.6) is 0 Å². The van der Waals surface area contributed by atoms with Gasteiger partial charge in [-0.15, -0.1) is 11.3 Å². The van der Waals surface area contributed by atoms with Gasteiger partial charge in [0.05, 0.1) is 16.1 Å². The Hall–Kier alpha value is -1.37. The van der Waals surface area contributed by atoms with E-state index < -0.39 is 0 Å². The Bertz CT molecular complexity index is 672. The molecule has 0 aliphatic carbocycles. The second-order valence-electron chi connectivity index (χ2n) is 3.82. The zero-order valence-electron chi connectivity index (χ0n) is 10.4. The van der Waals surface area contributed by atoms with E-state index >= 15 is 0 Å². The molecule has 0 aliphatic heterocycles. The Morgan fingerprint density at radius 3 is 2.65 bits per heavy atom.